The number of aryl methyl sites for hydroxylation is 1. The first kappa shape index (κ1) is 16.2. The molecule has 0 saturated heterocycles. The number of hydrogen-bond donors (Lipinski definition) is 1. The summed E-state index contributed by atoms with van der Waals surface area (Å²) in [6.07, 6.45) is 1.73. The van der Waals surface area contributed by atoms with Crippen LogP contribution in [0.15, 0.2) is 54.7 Å². The molecule has 1 N–H and O–H groups in total. The summed E-state index contributed by atoms with van der Waals surface area (Å²) in [6, 6.07) is 15.6. The summed E-state index contributed by atoms with van der Waals surface area (Å²) >= 11 is 1.42. The van der Waals surface area contributed by atoms with Crippen molar-refractivity contribution in [2.24, 2.45) is 0 Å². The van der Waals surface area contributed by atoms with Crippen molar-refractivity contribution in [2.75, 3.05) is 11.9 Å². The summed E-state index contributed by atoms with van der Waals surface area (Å²) in [5.74, 6) is 0.927. The monoisotopic (exact) mass is 338 g/mol. The second-order valence-corrected chi connectivity index (χ2v) is 6.33. The number of anilines is 1. The third kappa shape index (κ3) is 3.63. The molecule has 0 radical (unpaired) electrons. The van der Waals surface area contributed by atoms with Crippen LogP contribution in [0.3, 0.4) is 0 Å². The minimum absolute atomic E-state index is 0.206. The predicted molar refractivity (Wildman–Crippen MR) is 97.9 cm³/mol. The van der Waals surface area contributed by atoms with Gasteiger partial charge in [-0.25, -0.2) is 4.98 Å². The molecule has 24 heavy (non-hydrogen) atoms. The van der Waals surface area contributed by atoms with Gasteiger partial charge < -0.3 is 10.1 Å². The van der Waals surface area contributed by atoms with E-state index < -0.39 is 0 Å². The molecule has 3 aromatic rings. The molecule has 0 aliphatic heterocycles. The van der Waals surface area contributed by atoms with Crippen LogP contribution in [0.1, 0.15) is 22.2 Å². The van der Waals surface area contributed by atoms with Gasteiger partial charge in [-0.3, -0.25) is 4.79 Å². The molecule has 0 aliphatic carbocycles. The van der Waals surface area contributed by atoms with E-state index in [1.54, 1.807) is 12.3 Å². The van der Waals surface area contributed by atoms with Gasteiger partial charge in [-0.2, -0.15) is 0 Å². The van der Waals surface area contributed by atoms with Crippen LogP contribution in [-0.2, 0) is 0 Å². The number of aromatic nitrogens is 1. The van der Waals surface area contributed by atoms with Gasteiger partial charge in [0.05, 0.1) is 6.61 Å². The summed E-state index contributed by atoms with van der Waals surface area (Å²) in [7, 11) is 0. The van der Waals surface area contributed by atoms with Crippen LogP contribution in [0.5, 0.6) is 5.75 Å². The zero-order valence-corrected chi connectivity index (χ0v) is 14.4. The van der Waals surface area contributed by atoms with Crippen molar-refractivity contribution in [1.29, 1.82) is 0 Å². The third-order valence-electron chi connectivity index (χ3n) is 3.42. The number of benzene rings is 1. The zero-order valence-electron chi connectivity index (χ0n) is 13.6. The lowest BCUT2D eigenvalue weighted by Crippen LogP contribution is -2.12. The van der Waals surface area contributed by atoms with Gasteiger partial charge in [-0.15, -0.1) is 11.3 Å². The molecule has 0 fully saturated rings. The normalized spacial score (nSPS) is 10.4. The summed E-state index contributed by atoms with van der Waals surface area (Å²) in [5.41, 5.74) is 2.11. The number of amides is 1. The van der Waals surface area contributed by atoms with Crippen LogP contribution >= 0.6 is 11.3 Å². The number of carbonyl (C=O) groups is 1. The van der Waals surface area contributed by atoms with Gasteiger partial charge in [0, 0.05) is 11.1 Å². The highest BCUT2D eigenvalue weighted by molar-refractivity contribution is 7.17. The topological polar surface area (TPSA) is 51.2 Å². The van der Waals surface area contributed by atoms with E-state index in [-0.39, 0.29) is 5.91 Å². The molecule has 1 aromatic carbocycles. The number of hydrogen-bond acceptors (Lipinski definition) is 4. The number of thiophene rings is 1. The highest BCUT2D eigenvalue weighted by Gasteiger charge is 2.18. The van der Waals surface area contributed by atoms with E-state index >= 15 is 0 Å². The maximum absolute atomic E-state index is 12.6. The fraction of sp³-hybridized carbons (Fsp3) is 0.158. The fourth-order valence-electron chi connectivity index (χ4n) is 2.25. The number of nitrogens with one attached hydrogen (secondary N) is 1. The molecule has 3 rings (SSSR count). The van der Waals surface area contributed by atoms with Crippen LogP contribution in [0.2, 0.25) is 0 Å². The largest absolute Gasteiger partial charge is 0.492 e. The standard InChI is InChI=1S/C19H18N2O2S/c1-3-23-15-11-16(14-7-5-4-6-8-14)24-18(15)19(22)21-17-10-9-13(2)12-20-17/h4-12H,3H2,1-2H3,(H,20,21,22). The Labute approximate surface area is 145 Å². The Hall–Kier alpha value is -2.66. The van der Waals surface area contributed by atoms with E-state index in [1.165, 1.54) is 11.3 Å². The zero-order chi connectivity index (χ0) is 16.9. The average molecular weight is 338 g/mol. The molecule has 0 saturated carbocycles. The van der Waals surface area contributed by atoms with Crippen molar-refractivity contribution in [3.05, 3.63) is 65.2 Å². The maximum atomic E-state index is 12.6. The first-order chi connectivity index (χ1) is 11.7. The Morgan fingerprint density at radius 1 is 1.21 bits per heavy atom. The molecular weight excluding hydrogens is 320 g/mol. The van der Waals surface area contributed by atoms with Gasteiger partial charge in [0.15, 0.2) is 0 Å². The quantitative estimate of drug-likeness (QED) is 0.729. The Kier molecular flexibility index (Phi) is 4.91. The van der Waals surface area contributed by atoms with Gasteiger partial charge in [0.2, 0.25) is 0 Å². The third-order valence-corrected chi connectivity index (χ3v) is 4.58. The lowest BCUT2D eigenvalue weighted by Gasteiger charge is -2.06. The molecule has 0 unspecified atom stereocenters. The SMILES string of the molecule is CCOc1cc(-c2ccccc2)sc1C(=O)Nc1ccc(C)cn1. The van der Waals surface area contributed by atoms with Crippen LogP contribution in [0, 0.1) is 6.92 Å². The lowest BCUT2D eigenvalue weighted by atomic mass is 10.2. The summed E-state index contributed by atoms with van der Waals surface area (Å²) < 4.78 is 5.65. The molecule has 4 nitrogen and oxygen atoms in total. The van der Waals surface area contributed by atoms with Gasteiger partial charge >= 0.3 is 0 Å². The van der Waals surface area contributed by atoms with E-state index in [9.17, 15) is 4.79 Å². The Morgan fingerprint density at radius 2 is 2.00 bits per heavy atom. The average Bonchev–Trinajstić information content (AvgIpc) is 3.02. The second-order valence-electron chi connectivity index (χ2n) is 5.28. The molecule has 5 heteroatoms. The van der Waals surface area contributed by atoms with Crippen molar-refractivity contribution in [3.63, 3.8) is 0 Å². The van der Waals surface area contributed by atoms with Crippen LogP contribution < -0.4 is 10.1 Å². The van der Waals surface area contributed by atoms with Crippen molar-refractivity contribution in [2.45, 2.75) is 13.8 Å². The first-order valence-electron chi connectivity index (χ1n) is 7.73. The predicted octanol–water partition coefficient (Wildman–Crippen LogP) is 4.77. The number of carbonyl (C=O) groups excluding carboxylic acids is 1. The Morgan fingerprint density at radius 3 is 2.67 bits per heavy atom. The van der Waals surface area contributed by atoms with E-state index in [1.807, 2.05) is 56.3 Å². The molecule has 2 aromatic heterocycles. The summed E-state index contributed by atoms with van der Waals surface area (Å²) in [6.45, 7) is 4.37. The van der Waals surface area contributed by atoms with Crippen molar-refractivity contribution in [1.82, 2.24) is 4.98 Å². The van der Waals surface area contributed by atoms with Crippen molar-refractivity contribution >= 4 is 23.1 Å². The van der Waals surface area contributed by atoms with Gasteiger partial charge in [0.1, 0.15) is 16.4 Å². The van der Waals surface area contributed by atoms with Crippen LogP contribution in [-0.4, -0.2) is 17.5 Å². The smallest absolute Gasteiger partial charge is 0.270 e. The van der Waals surface area contributed by atoms with E-state index in [4.69, 9.17) is 4.74 Å². The Balaban J connectivity index is 1.89. The number of ether oxygens (including phenoxy) is 1. The molecule has 122 valence electrons. The molecule has 0 aliphatic rings. The summed E-state index contributed by atoms with van der Waals surface area (Å²) in [5, 5.41) is 2.83. The molecule has 0 spiro atoms. The second kappa shape index (κ2) is 7.27. The van der Waals surface area contributed by atoms with Gasteiger partial charge in [-0.05, 0) is 37.1 Å². The lowest BCUT2D eigenvalue weighted by molar-refractivity contribution is 0.102. The van der Waals surface area contributed by atoms with Crippen molar-refractivity contribution < 1.29 is 9.53 Å². The van der Waals surface area contributed by atoms with E-state index in [2.05, 4.69) is 10.3 Å². The maximum Gasteiger partial charge on any atom is 0.270 e. The fourth-order valence-corrected chi connectivity index (χ4v) is 3.26. The molecule has 0 bridgehead atoms. The highest BCUT2D eigenvalue weighted by atomic mass is 32.1. The highest BCUT2D eigenvalue weighted by Crippen LogP contribution is 2.36. The molecular formula is C19H18N2O2S. The molecule has 2 heterocycles. The van der Waals surface area contributed by atoms with E-state index in [0.29, 0.717) is 23.1 Å². The minimum atomic E-state index is -0.206. The van der Waals surface area contributed by atoms with Gasteiger partial charge in [-0.1, -0.05) is 36.4 Å². The van der Waals surface area contributed by atoms with E-state index in [0.717, 1.165) is 16.0 Å². The summed E-state index contributed by atoms with van der Waals surface area (Å²) in [4.78, 5) is 18.4. The van der Waals surface area contributed by atoms with Crippen LogP contribution in [0.25, 0.3) is 10.4 Å². The van der Waals surface area contributed by atoms with Gasteiger partial charge in [0.25, 0.3) is 5.91 Å². The first-order valence-corrected chi connectivity index (χ1v) is 8.55. The Bertz CT molecular complexity index is 826. The molecule has 0 atom stereocenters. The van der Waals surface area contributed by atoms with Crippen LogP contribution in [0.4, 0.5) is 5.82 Å². The van der Waals surface area contributed by atoms with Crippen molar-refractivity contribution in [3.8, 4) is 16.2 Å². The number of pyridine rings is 1. The number of rotatable bonds is 5. The minimum Gasteiger partial charge on any atom is -0.492 e. The molecule has 1 amide bonds. The number of nitrogens with zero attached hydrogens (tertiary/aromatic N) is 1.